The molecular formula is C19H21BBrF3N4O2. The van der Waals surface area contributed by atoms with E-state index in [-0.39, 0.29) is 17.2 Å². The van der Waals surface area contributed by atoms with E-state index in [1.54, 1.807) is 18.2 Å². The second-order valence-electron chi connectivity index (χ2n) is 7.74. The van der Waals surface area contributed by atoms with Crippen molar-refractivity contribution in [2.75, 3.05) is 39.1 Å². The molecule has 2 aliphatic rings. The number of anilines is 1. The standard InChI is InChI=1S/C19H21BBrF3N4O2/c1-26(2)9-4-10-27(3)14-6-7-15-17(12-14)29-20(19(22,23)24)28(25-15)16-8-5-13(21)11-18(16)30-20/h5-8,11-12H,4,9-10H2,1-3H3. The molecule has 11 heteroatoms. The van der Waals surface area contributed by atoms with Crippen LogP contribution in [-0.2, 0) is 0 Å². The molecule has 0 amide bonds. The third kappa shape index (κ3) is 3.54. The summed E-state index contributed by atoms with van der Waals surface area (Å²) in [5, 5.41) is 4.25. The molecule has 2 aliphatic heterocycles. The van der Waals surface area contributed by atoms with Crippen molar-refractivity contribution in [1.29, 1.82) is 0 Å². The van der Waals surface area contributed by atoms with Gasteiger partial charge in [0.05, 0.1) is 0 Å². The second kappa shape index (κ2) is 7.45. The Balaban J connectivity index is 1.70. The maximum Gasteiger partial charge on any atom is 0.779 e. The predicted octanol–water partition coefficient (Wildman–Crippen LogP) is 5.09. The van der Waals surface area contributed by atoms with E-state index >= 15 is 0 Å². The van der Waals surface area contributed by atoms with Crippen LogP contribution in [0.15, 0.2) is 46.0 Å². The van der Waals surface area contributed by atoms with Crippen molar-refractivity contribution in [2.45, 2.75) is 12.5 Å². The summed E-state index contributed by atoms with van der Waals surface area (Å²) in [5.74, 6) is 0.117. The van der Waals surface area contributed by atoms with Crippen LogP contribution in [0.3, 0.4) is 0 Å². The molecular weight excluding hydrogens is 464 g/mol. The zero-order valence-electron chi connectivity index (χ0n) is 16.8. The van der Waals surface area contributed by atoms with Gasteiger partial charge in [0, 0.05) is 35.9 Å². The van der Waals surface area contributed by atoms with Crippen LogP contribution in [0, 0.1) is 0 Å². The minimum absolute atomic E-state index is 0.0485. The zero-order chi connectivity index (χ0) is 21.7. The summed E-state index contributed by atoms with van der Waals surface area (Å²) in [5.41, 5.74) is 1.29. The molecule has 0 fully saturated rings. The number of hydrogen-bond donors (Lipinski definition) is 0. The van der Waals surface area contributed by atoms with Crippen LogP contribution in [0.4, 0.5) is 30.2 Å². The Morgan fingerprint density at radius 3 is 2.47 bits per heavy atom. The van der Waals surface area contributed by atoms with Crippen LogP contribution >= 0.6 is 15.9 Å². The second-order valence-corrected chi connectivity index (χ2v) is 8.65. The molecule has 0 spiro atoms. The summed E-state index contributed by atoms with van der Waals surface area (Å²) in [7, 11) is 5.89. The molecule has 6 nitrogen and oxygen atoms in total. The summed E-state index contributed by atoms with van der Waals surface area (Å²) in [6, 6.07) is 9.73. The SMILES string of the molecule is CN(C)CCCN(C)c1ccc2c(c1)O[B-]1(C(F)(F)F)Oc3cc(Br)ccc3[N+]1=N2. The van der Waals surface area contributed by atoms with Crippen LogP contribution in [0.25, 0.3) is 0 Å². The molecule has 1 atom stereocenters. The molecule has 0 saturated heterocycles. The normalized spacial score (nSPS) is 19.4. The maximum absolute atomic E-state index is 14.2. The third-order valence-corrected chi connectivity index (χ3v) is 5.67. The molecule has 2 heterocycles. The monoisotopic (exact) mass is 484 g/mol. The van der Waals surface area contributed by atoms with E-state index in [1.165, 1.54) is 12.1 Å². The van der Waals surface area contributed by atoms with Gasteiger partial charge in [-0.3, -0.25) is 0 Å². The minimum atomic E-state index is -4.79. The number of benzene rings is 2. The Bertz CT molecular complexity index is 1020. The van der Waals surface area contributed by atoms with Crippen molar-refractivity contribution < 1.29 is 27.1 Å². The molecule has 160 valence electrons. The molecule has 0 radical (unpaired) electrons. The molecule has 0 N–H and O–H groups in total. The van der Waals surface area contributed by atoms with Crippen molar-refractivity contribution in [3.8, 4) is 11.5 Å². The third-order valence-electron chi connectivity index (χ3n) is 5.18. The number of hydrogen-bond acceptors (Lipinski definition) is 5. The summed E-state index contributed by atoms with van der Waals surface area (Å²) >= 11 is 3.26. The number of halogens is 4. The molecule has 2 aromatic carbocycles. The van der Waals surface area contributed by atoms with Gasteiger partial charge in [0.25, 0.3) is 0 Å². The first kappa shape index (κ1) is 21.0. The Hall–Kier alpha value is -2.27. The molecule has 0 bridgehead atoms. The fourth-order valence-corrected chi connectivity index (χ4v) is 3.95. The average Bonchev–Trinajstić information content (AvgIpc) is 2.98. The van der Waals surface area contributed by atoms with Gasteiger partial charge in [-0.05, 0) is 56.4 Å². The van der Waals surface area contributed by atoms with Crippen molar-refractivity contribution in [2.24, 2.45) is 5.11 Å². The van der Waals surface area contributed by atoms with Crippen LogP contribution in [-0.4, -0.2) is 56.5 Å². The zero-order valence-corrected chi connectivity index (χ0v) is 18.4. The van der Waals surface area contributed by atoms with Crippen molar-refractivity contribution in [3.05, 3.63) is 40.9 Å². The number of fused-ring (bicyclic) bond motifs is 4. The van der Waals surface area contributed by atoms with Crippen LogP contribution in [0.5, 0.6) is 11.5 Å². The van der Waals surface area contributed by atoms with Crippen molar-refractivity contribution in [1.82, 2.24) is 4.90 Å². The smallest absolute Gasteiger partial charge is 0.614 e. The topological polar surface area (TPSA) is 40.3 Å². The van der Waals surface area contributed by atoms with Gasteiger partial charge in [-0.1, -0.05) is 15.9 Å². The van der Waals surface area contributed by atoms with Gasteiger partial charge in [0.1, 0.15) is 11.5 Å². The van der Waals surface area contributed by atoms with E-state index in [1.807, 2.05) is 32.1 Å². The highest BCUT2D eigenvalue weighted by Crippen LogP contribution is 2.51. The molecule has 4 rings (SSSR count). The van der Waals surface area contributed by atoms with Gasteiger partial charge in [0.2, 0.25) is 5.69 Å². The predicted molar refractivity (Wildman–Crippen MR) is 112 cm³/mol. The van der Waals surface area contributed by atoms with Crippen molar-refractivity contribution in [3.63, 3.8) is 0 Å². The quantitative estimate of drug-likeness (QED) is 0.554. The first-order valence-corrected chi connectivity index (χ1v) is 10.3. The van der Waals surface area contributed by atoms with E-state index in [4.69, 9.17) is 9.31 Å². The number of alkyl halides is 3. The van der Waals surface area contributed by atoms with E-state index < -0.39 is 12.8 Å². The molecule has 0 aliphatic carbocycles. The lowest BCUT2D eigenvalue weighted by Gasteiger charge is -2.34. The largest absolute Gasteiger partial charge is 0.779 e. The van der Waals surface area contributed by atoms with E-state index in [0.717, 1.165) is 29.8 Å². The number of azo groups is 1. The van der Waals surface area contributed by atoms with Gasteiger partial charge in [-0.2, -0.15) is 13.2 Å². The van der Waals surface area contributed by atoms with Gasteiger partial charge in [0.15, 0.2) is 5.69 Å². The van der Waals surface area contributed by atoms with Crippen LogP contribution in [0.2, 0.25) is 0 Å². The first-order chi connectivity index (χ1) is 14.1. The lowest BCUT2D eigenvalue weighted by molar-refractivity contribution is -0.420. The number of rotatable bonds is 5. The highest BCUT2D eigenvalue weighted by Gasteiger charge is 2.76. The fraction of sp³-hybridized carbons (Fsp3) is 0.368. The molecule has 2 aromatic rings. The minimum Gasteiger partial charge on any atom is -0.614 e. The highest BCUT2D eigenvalue weighted by molar-refractivity contribution is 9.10. The van der Waals surface area contributed by atoms with E-state index in [2.05, 4.69) is 25.9 Å². The van der Waals surface area contributed by atoms with Gasteiger partial charge < -0.3 is 19.1 Å². The van der Waals surface area contributed by atoms with Gasteiger partial charge >= 0.3 is 12.8 Å². The molecule has 30 heavy (non-hydrogen) atoms. The Morgan fingerprint density at radius 2 is 1.77 bits per heavy atom. The molecule has 1 unspecified atom stereocenters. The first-order valence-electron chi connectivity index (χ1n) is 9.50. The average molecular weight is 485 g/mol. The lowest BCUT2D eigenvalue weighted by atomic mass is 9.70. The lowest BCUT2D eigenvalue weighted by Crippen LogP contribution is -2.66. The fourth-order valence-electron chi connectivity index (χ4n) is 3.61. The van der Waals surface area contributed by atoms with Gasteiger partial charge in [-0.25, -0.2) is 4.61 Å². The summed E-state index contributed by atoms with van der Waals surface area (Å²) < 4.78 is 55.0. The molecule has 0 aromatic heterocycles. The Labute approximate surface area is 181 Å². The summed E-state index contributed by atoms with van der Waals surface area (Å²) in [6.07, 6.45) is -3.87. The van der Waals surface area contributed by atoms with Gasteiger partial charge in [-0.15, -0.1) is 0 Å². The summed E-state index contributed by atoms with van der Waals surface area (Å²) in [6.45, 7) is -2.21. The molecule has 0 saturated carbocycles. The van der Waals surface area contributed by atoms with Crippen LogP contribution in [0.1, 0.15) is 6.42 Å². The Kier molecular flexibility index (Phi) is 5.21. The van der Waals surface area contributed by atoms with E-state index in [0.29, 0.717) is 10.2 Å². The highest BCUT2D eigenvalue weighted by atomic mass is 79.9. The maximum atomic E-state index is 14.2. The van der Waals surface area contributed by atoms with E-state index in [9.17, 15) is 13.2 Å². The van der Waals surface area contributed by atoms with Crippen LogP contribution < -0.4 is 14.2 Å². The Morgan fingerprint density at radius 1 is 1.03 bits per heavy atom. The van der Waals surface area contributed by atoms with Crippen molar-refractivity contribution >= 4 is 39.7 Å². The summed E-state index contributed by atoms with van der Waals surface area (Å²) in [4.78, 5) is 4.06. The number of nitrogens with zero attached hydrogens (tertiary/aromatic N) is 4.